The van der Waals surface area contributed by atoms with Gasteiger partial charge >= 0.3 is 5.97 Å². The second-order valence-electron chi connectivity index (χ2n) is 12.4. The molecule has 2 N–H and O–H groups in total. The molecule has 0 radical (unpaired) electrons. The Bertz CT molecular complexity index is 2310. The quantitative estimate of drug-likeness (QED) is 0.134. The fourth-order valence-electron chi connectivity index (χ4n) is 6.77. The maximum atomic E-state index is 11.7. The Kier molecular flexibility index (Phi) is 7.24. The van der Waals surface area contributed by atoms with Crippen LogP contribution in [-0.2, 0) is 10.2 Å². The van der Waals surface area contributed by atoms with Crippen molar-refractivity contribution in [2.24, 2.45) is 0 Å². The molecular formula is C37H28N2O8S3. The van der Waals surface area contributed by atoms with Gasteiger partial charge in [-0.05, 0) is 41.0 Å². The number of carbonyl (C=O) groups is 1. The zero-order valence-corrected chi connectivity index (χ0v) is 29.3. The molecule has 7 heterocycles. The van der Waals surface area contributed by atoms with Crippen LogP contribution < -0.4 is 33.7 Å². The van der Waals surface area contributed by atoms with Gasteiger partial charge in [0.25, 0.3) is 0 Å². The highest BCUT2D eigenvalue weighted by Gasteiger charge is 2.37. The third-order valence-corrected chi connectivity index (χ3v) is 12.9. The molecule has 0 spiro atoms. The summed E-state index contributed by atoms with van der Waals surface area (Å²) in [5, 5.41) is 22.6. The van der Waals surface area contributed by atoms with E-state index in [9.17, 15) is 15.2 Å². The molecule has 10 nitrogen and oxygen atoms in total. The van der Waals surface area contributed by atoms with Gasteiger partial charge in [-0.25, -0.2) is 4.79 Å². The Morgan fingerprint density at radius 3 is 1.82 bits per heavy atom. The second kappa shape index (κ2) is 11.7. The fourth-order valence-corrected chi connectivity index (χ4v) is 10.5. The molecule has 3 aromatic heterocycles. The molecular weight excluding hydrogens is 697 g/mol. The lowest BCUT2D eigenvalue weighted by molar-refractivity contribution is -0.132. The summed E-state index contributed by atoms with van der Waals surface area (Å²) in [4.78, 5) is 16.3. The second-order valence-corrected chi connectivity index (χ2v) is 15.5. The third kappa shape index (κ3) is 4.74. The maximum Gasteiger partial charge on any atom is 0.346 e. The van der Waals surface area contributed by atoms with Crippen LogP contribution in [0.3, 0.4) is 0 Å². The van der Waals surface area contributed by atoms with E-state index in [4.69, 9.17) is 28.4 Å². The average molecular weight is 725 g/mol. The maximum absolute atomic E-state index is 11.7. The van der Waals surface area contributed by atoms with Crippen LogP contribution in [0.1, 0.15) is 29.9 Å². The summed E-state index contributed by atoms with van der Waals surface area (Å²) in [6, 6.07) is 16.7. The predicted molar refractivity (Wildman–Crippen MR) is 192 cm³/mol. The Labute approximate surface area is 298 Å². The number of nitrogens with zero attached hydrogens (tertiary/aromatic N) is 1. The molecule has 0 amide bonds. The number of thiophene rings is 3. The van der Waals surface area contributed by atoms with E-state index in [1.165, 1.54) is 39.9 Å². The molecule has 0 aliphatic carbocycles. The molecule has 252 valence electrons. The molecule has 4 aliphatic rings. The highest BCUT2D eigenvalue weighted by Crippen LogP contribution is 2.64. The number of hydrogen-bond donors (Lipinski definition) is 2. The van der Waals surface area contributed by atoms with Crippen molar-refractivity contribution in [1.82, 2.24) is 0 Å². The number of nitrogens with one attached hydrogen (secondary N) is 1. The summed E-state index contributed by atoms with van der Waals surface area (Å²) >= 11 is 4.36. The van der Waals surface area contributed by atoms with Gasteiger partial charge in [0.2, 0.25) is 0 Å². The Morgan fingerprint density at radius 1 is 0.720 bits per heavy atom. The van der Waals surface area contributed by atoms with E-state index in [0.717, 1.165) is 36.4 Å². The molecule has 4 aliphatic heterocycles. The number of benzene rings is 2. The van der Waals surface area contributed by atoms with Crippen molar-refractivity contribution < 1.29 is 38.3 Å². The molecule has 0 bridgehead atoms. The van der Waals surface area contributed by atoms with Crippen LogP contribution in [0, 0.1) is 11.3 Å². The number of anilines is 2. The molecule has 0 saturated carbocycles. The Balaban J connectivity index is 1.19. The van der Waals surface area contributed by atoms with Gasteiger partial charge < -0.3 is 38.8 Å². The molecule has 50 heavy (non-hydrogen) atoms. The minimum atomic E-state index is -1.32. The van der Waals surface area contributed by atoms with Crippen molar-refractivity contribution in [2.45, 2.75) is 19.3 Å². The van der Waals surface area contributed by atoms with Crippen LogP contribution in [0.5, 0.6) is 34.5 Å². The van der Waals surface area contributed by atoms with Gasteiger partial charge in [-0.1, -0.05) is 38.1 Å². The zero-order chi connectivity index (χ0) is 34.1. The van der Waals surface area contributed by atoms with Crippen LogP contribution in [-0.4, -0.2) is 50.7 Å². The predicted octanol–water partition coefficient (Wildman–Crippen LogP) is 8.56. The standard InChI is InChI=1S/C37H28N2O8S3/c1-37(2)20-5-3-4-6-22(20)39-23-8-7-18(15-21(23)37)31-27-28(45-12-11-44-27)34(49-31)35-30-29(46-13-14-47-30)33(50-35)32-26-25(42-9-10-43-26)24(48-32)16-19(17-38)36(40)41/h3-8,15-16,39H,9-14H2,1-2H3,(H,40,41)/b19-16+. The zero-order valence-electron chi connectivity index (χ0n) is 26.8. The lowest BCUT2D eigenvalue weighted by atomic mass is 9.74. The Hall–Kier alpha value is -5.16. The molecule has 0 fully saturated rings. The van der Waals surface area contributed by atoms with Crippen LogP contribution in [0.25, 0.3) is 36.0 Å². The number of nitriles is 1. The smallest absolute Gasteiger partial charge is 0.346 e. The SMILES string of the molecule is CC1(C)c2ccccc2Nc2ccc(-c3sc(-c4sc(-c5sc(/C=C(\C#N)C(=O)O)c6c5OCCO6)c5c4OCCO5)c4c3OCCO4)cc21. The number of ether oxygens (including phenoxy) is 6. The van der Waals surface area contributed by atoms with Gasteiger partial charge in [0, 0.05) is 16.8 Å². The van der Waals surface area contributed by atoms with Gasteiger partial charge in [-0.3, -0.25) is 0 Å². The number of fused-ring (bicyclic) bond motifs is 5. The van der Waals surface area contributed by atoms with Crippen molar-refractivity contribution in [1.29, 1.82) is 5.26 Å². The first-order valence-corrected chi connectivity index (χ1v) is 18.4. The molecule has 13 heteroatoms. The first-order chi connectivity index (χ1) is 24.3. The first kappa shape index (κ1) is 30.9. The van der Waals surface area contributed by atoms with Crippen molar-refractivity contribution in [2.75, 3.05) is 45.0 Å². The molecule has 0 saturated heterocycles. The summed E-state index contributed by atoms with van der Waals surface area (Å²) in [6.07, 6.45) is 1.32. The van der Waals surface area contributed by atoms with Crippen molar-refractivity contribution >= 4 is 57.4 Å². The molecule has 5 aromatic rings. The highest BCUT2D eigenvalue weighted by molar-refractivity contribution is 7.28. The topological polar surface area (TPSA) is 129 Å². The first-order valence-electron chi connectivity index (χ1n) is 16.0. The van der Waals surface area contributed by atoms with Gasteiger partial charge in [-0.15, -0.1) is 34.0 Å². The number of hydrogen-bond acceptors (Lipinski definition) is 12. The van der Waals surface area contributed by atoms with Gasteiger partial charge in [-0.2, -0.15) is 5.26 Å². The molecule has 2 aromatic carbocycles. The largest absolute Gasteiger partial charge is 0.485 e. The van der Waals surface area contributed by atoms with Gasteiger partial charge in [0.05, 0.1) is 29.3 Å². The van der Waals surface area contributed by atoms with Crippen LogP contribution in [0.4, 0.5) is 11.4 Å². The van der Waals surface area contributed by atoms with Crippen molar-refractivity contribution in [3.05, 3.63) is 64.0 Å². The Morgan fingerprint density at radius 2 is 1.22 bits per heavy atom. The molecule has 0 unspecified atom stereocenters. The minimum Gasteiger partial charge on any atom is -0.485 e. The van der Waals surface area contributed by atoms with E-state index < -0.39 is 11.5 Å². The molecule has 0 atom stereocenters. The highest BCUT2D eigenvalue weighted by atomic mass is 32.1. The van der Waals surface area contributed by atoms with E-state index >= 15 is 0 Å². The lowest BCUT2D eigenvalue weighted by Crippen LogP contribution is -2.25. The summed E-state index contributed by atoms with van der Waals surface area (Å²) in [7, 11) is 0. The third-order valence-electron chi connectivity index (χ3n) is 9.09. The number of carboxylic acid groups (broad SMARTS) is 1. The van der Waals surface area contributed by atoms with Crippen LogP contribution in [0.2, 0.25) is 0 Å². The van der Waals surface area contributed by atoms with Gasteiger partial charge in [0.15, 0.2) is 34.5 Å². The van der Waals surface area contributed by atoms with Gasteiger partial charge in [0.1, 0.15) is 51.3 Å². The average Bonchev–Trinajstić information content (AvgIpc) is 3.82. The number of carboxylic acids is 1. The summed E-state index contributed by atoms with van der Waals surface area (Å²) in [6.45, 7) is 6.72. The van der Waals surface area contributed by atoms with Crippen molar-refractivity contribution in [3.8, 4) is 70.5 Å². The normalized spacial score (nSPS) is 16.5. The van der Waals surface area contributed by atoms with Crippen LogP contribution in [0.15, 0.2) is 48.0 Å². The molecule has 9 rings (SSSR count). The lowest BCUT2D eigenvalue weighted by Gasteiger charge is -2.36. The summed E-state index contributed by atoms with van der Waals surface area (Å²) < 4.78 is 37.3. The van der Waals surface area contributed by atoms with E-state index in [2.05, 4.69) is 61.6 Å². The van der Waals surface area contributed by atoms with E-state index in [1.54, 1.807) is 17.4 Å². The van der Waals surface area contributed by atoms with E-state index in [0.29, 0.717) is 83.9 Å². The summed E-state index contributed by atoms with van der Waals surface area (Å²) in [5.74, 6) is 2.12. The minimum absolute atomic E-state index is 0.226. The number of aliphatic carboxylic acids is 1. The monoisotopic (exact) mass is 724 g/mol. The number of para-hydroxylation sites is 1. The van der Waals surface area contributed by atoms with E-state index in [1.807, 2.05) is 0 Å². The van der Waals surface area contributed by atoms with Crippen LogP contribution >= 0.6 is 34.0 Å². The number of rotatable bonds is 5. The fraction of sp³-hybridized carbons (Fsp3) is 0.243. The van der Waals surface area contributed by atoms with Crippen molar-refractivity contribution in [3.63, 3.8) is 0 Å². The van der Waals surface area contributed by atoms with E-state index in [-0.39, 0.29) is 5.41 Å². The summed E-state index contributed by atoms with van der Waals surface area (Å²) in [5.41, 5.74) is 5.03.